The summed E-state index contributed by atoms with van der Waals surface area (Å²) >= 11 is 0. The first-order chi connectivity index (χ1) is 14.3. The Morgan fingerprint density at radius 3 is 2.53 bits per heavy atom. The zero-order valence-electron chi connectivity index (χ0n) is 19.6. The lowest BCUT2D eigenvalue weighted by Crippen LogP contribution is -2.54. The highest BCUT2D eigenvalue weighted by molar-refractivity contribution is 5.79. The van der Waals surface area contributed by atoms with Crippen LogP contribution in [0, 0.1) is 52.3 Å². The summed E-state index contributed by atoms with van der Waals surface area (Å²) in [6, 6.07) is 0. The lowest BCUT2D eigenvalue weighted by molar-refractivity contribution is -0.273. The van der Waals surface area contributed by atoms with Gasteiger partial charge in [-0.3, -0.25) is 4.79 Å². The topological polar surface area (TPSA) is 35.5 Å². The van der Waals surface area contributed by atoms with Crippen LogP contribution in [-0.4, -0.2) is 24.3 Å². The van der Waals surface area contributed by atoms with Crippen molar-refractivity contribution in [3.05, 3.63) is 0 Å². The van der Waals surface area contributed by atoms with E-state index in [0.29, 0.717) is 46.4 Å². The molecule has 0 aromatic heterocycles. The van der Waals surface area contributed by atoms with Gasteiger partial charge in [0.25, 0.3) is 0 Å². The summed E-state index contributed by atoms with van der Waals surface area (Å²) in [5, 5.41) is 0. The summed E-state index contributed by atoms with van der Waals surface area (Å²) in [6.07, 6.45) is 12.2. The SMILES string of the molecule is C[C@@H]1CC[C@@]2(OC1)O[C@@H]1C[C@@H]3[C@@H]4CC[C@@H]5CC(=O)CC[C@]5(C)[C@H]4CC[C@]3(C)[C@@H]1[C@@H]2C. The van der Waals surface area contributed by atoms with Crippen LogP contribution >= 0.6 is 0 Å². The third kappa shape index (κ3) is 2.54. The number of rotatable bonds is 0. The van der Waals surface area contributed by atoms with E-state index in [-0.39, 0.29) is 5.79 Å². The second kappa shape index (κ2) is 6.56. The van der Waals surface area contributed by atoms with Crippen molar-refractivity contribution in [1.29, 1.82) is 0 Å². The molecule has 4 aliphatic carbocycles. The van der Waals surface area contributed by atoms with Gasteiger partial charge >= 0.3 is 0 Å². The van der Waals surface area contributed by atoms with Gasteiger partial charge in [0.1, 0.15) is 5.78 Å². The first kappa shape index (κ1) is 20.2. The highest BCUT2D eigenvalue weighted by Gasteiger charge is 2.69. The Bertz CT molecular complexity index is 724. The Hall–Kier alpha value is -0.410. The third-order valence-electron chi connectivity index (χ3n) is 11.7. The number of Topliss-reactive ketones (excluding diaryl/α,β-unsaturated/α-hetero) is 1. The molecular formula is C27H42O3. The fourth-order valence-corrected chi connectivity index (χ4v) is 10.1. The van der Waals surface area contributed by atoms with Crippen LogP contribution in [0.3, 0.4) is 0 Å². The molecule has 6 rings (SSSR count). The lowest BCUT2D eigenvalue weighted by atomic mass is 9.44. The summed E-state index contributed by atoms with van der Waals surface area (Å²) < 4.78 is 13.4. The highest BCUT2D eigenvalue weighted by atomic mass is 16.7. The summed E-state index contributed by atoms with van der Waals surface area (Å²) in [5.74, 6) is 5.23. The molecule has 30 heavy (non-hydrogen) atoms. The van der Waals surface area contributed by atoms with E-state index in [0.717, 1.165) is 50.0 Å². The van der Waals surface area contributed by atoms with Crippen molar-refractivity contribution in [2.75, 3.05) is 6.61 Å². The molecule has 0 unspecified atom stereocenters. The van der Waals surface area contributed by atoms with Crippen molar-refractivity contribution in [3.63, 3.8) is 0 Å². The number of hydrogen-bond acceptors (Lipinski definition) is 3. The minimum absolute atomic E-state index is 0.292. The molecule has 2 saturated heterocycles. The predicted molar refractivity (Wildman–Crippen MR) is 117 cm³/mol. The van der Waals surface area contributed by atoms with E-state index in [1.807, 2.05) is 0 Å². The van der Waals surface area contributed by atoms with Crippen LogP contribution in [0.1, 0.15) is 91.9 Å². The van der Waals surface area contributed by atoms with Crippen molar-refractivity contribution < 1.29 is 14.3 Å². The van der Waals surface area contributed by atoms with Gasteiger partial charge in [-0.1, -0.05) is 27.7 Å². The van der Waals surface area contributed by atoms with Gasteiger partial charge in [0.15, 0.2) is 5.79 Å². The van der Waals surface area contributed by atoms with Crippen molar-refractivity contribution in [1.82, 2.24) is 0 Å². The Labute approximate surface area is 183 Å². The first-order valence-electron chi connectivity index (χ1n) is 13.1. The highest BCUT2D eigenvalue weighted by Crippen LogP contribution is 2.71. The van der Waals surface area contributed by atoms with Crippen LogP contribution < -0.4 is 0 Å². The molecule has 2 aliphatic heterocycles. The maximum Gasteiger partial charge on any atom is 0.171 e. The number of carbonyl (C=O) groups is 1. The van der Waals surface area contributed by atoms with Crippen LogP contribution in [0.4, 0.5) is 0 Å². The Morgan fingerprint density at radius 1 is 0.933 bits per heavy atom. The van der Waals surface area contributed by atoms with Gasteiger partial charge in [-0.25, -0.2) is 0 Å². The molecule has 0 aromatic carbocycles. The largest absolute Gasteiger partial charge is 0.349 e. The Kier molecular flexibility index (Phi) is 4.42. The van der Waals surface area contributed by atoms with Gasteiger partial charge in [0, 0.05) is 25.2 Å². The molecule has 4 saturated carbocycles. The molecule has 0 amide bonds. The van der Waals surface area contributed by atoms with Gasteiger partial charge in [-0.05, 0) is 91.3 Å². The molecule has 0 aromatic rings. The summed E-state index contributed by atoms with van der Waals surface area (Å²) in [5.41, 5.74) is 0.820. The van der Waals surface area contributed by atoms with E-state index in [4.69, 9.17) is 9.47 Å². The molecule has 6 fully saturated rings. The normalized spacial score (nSPS) is 60.1. The van der Waals surface area contributed by atoms with Crippen molar-refractivity contribution in [2.45, 2.75) is 104 Å². The fraction of sp³-hybridized carbons (Fsp3) is 0.963. The fourth-order valence-electron chi connectivity index (χ4n) is 10.1. The number of ether oxygens (including phenoxy) is 2. The predicted octanol–water partition coefficient (Wildman–Crippen LogP) is 6.00. The second-order valence-electron chi connectivity index (χ2n) is 12.9. The molecule has 168 valence electrons. The third-order valence-corrected chi connectivity index (χ3v) is 11.7. The van der Waals surface area contributed by atoms with E-state index in [1.165, 1.54) is 38.5 Å². The van der Waals surface area contributed by atoms with Gasteiger partial charge in [0.05, 0.1) is 12.7 Å². The number of fused-ring (bicyclic) bond motifs is 7. The van der Waals surface area contributed by atoms with Crippen molar-refractivity contribution >= 4 is 5.78 Å². The minimum Gasteiger partial charge on any atom is -0.349 e. The molecule has 3 nitrogen and oxygen atoms in total. The number of hydrogen-bond donors (Lipinski definition) is 0. The van der Waals surface area contributed by atoms with Gasteiger partial charge in [-0.15, -0.1) is 0 Å². The van der Waals surface area contributed by atoms with E-state index in [2.05, 4.69) is 27.7 Å². The second-order valence-corrected chi connectivity index (χ2v) is 12.9. The monoisotopic (exact) mass is 414 g/mol. The van der Waals surface area contributed by atoms with Gasteiger partial charge in [0.2, 0.25) is 0 Å². The molecular weight excluding hydrogens is 372 g/mol. The lowest BCUT2D eigenvalue weighted by Gasteiger charge is -2.60. The van der Waals surface area contributed by atoms with E-state index in [1.54, 1.807) is 0 Å². The Morgan fingerprint density at radius 2 is 1.77 bits per heavy atom. The number of carbonyl (C=O) groups excluding carboxylic acids is 1. The zero-order valence-corrected chi connectivity index (χ0v) is 19.6. The first-order valence-corrected chi connectivity index (χ1v) is 13.1. The van der Waals surface area contributed by atoms with E-state index >= 15 is 0 Å². The van der Waals surface area contributed by atoms with Crippen LogP contribution in [0.15, 0.2) is 0 Å². The molecule has 0 bridgehead atoms. The smallest absolute Gasteiger partial charge is 0.171 e. The summed E-state index contributed by atoms with van der Waals surface area (Å²) in [7, 11) is 0. The minimum atomic E-state index is -0.292. The molecule has 3 heteroatoms. The van der Waals surface area contributed by atoms with Crippen LogP contribution in [0.2, 0.25) is 0 Å². The Balaban J connectivity index is 1.26. The van der Waals surface area contributed by atoms with Gasteiger partial charge in [-0.2, -0.15) is 0 Å². The maximum absolute atomic E-state index is 12.2. The number of ketones is 1. The summed E-state index contributed by atoms with van der Waals surface area (Å²) in [6.45, 7) is 10.8. The van der Waals surface area contributed by atoms with Crippen molar-refractivity contribution in [2.24, 2.45) is 52.3 Å². The quantitative estimate of drug-likeness (QED) is 0.487. The summed E-state index contributed by atoms with van der Waals surface area (Å²) in [4.78, 5) is 12.2. The molecule has 11 atom stereocenters. The van der Waals surface area contributed by atoms with Crippen molar-refractivity contribution in [3.8, 4) is 0 Å². The molecule has 0 N–H and O–H groups in total. The molecule has 1 spiro atoms. The molecule has 2 heterocycles. The standard InChI is InChI=1S/C27H42O3/c1-16-7-12-27(29-15-16)17(2)24-23(30-27)14-22-20-6-5-18-13-19(28)8-10-25(18,3)21(20)9-11-26(22,24)4/h16-18,20-24H,5-15H2,1-4H3/t16-,17+,18-,20-,21+,22-,23-,24-,25+,26+,27-/m1/s1. The zero-order chi connectivity index (χ0) is 20.9. The molecule has 0 radical (unpaired) electrons. The van der Waals surface area contributed by atoms with E-state index in [9.17, 15) is 4.79 Å². The van der Waals surface area contributed by atoms with Crippen LogP contribution in [0.25, 0.3) is 0 Å². The van der Waals surface area contributed by atoms with E-state index < -0.39 is 0 Å². The average Bonchev–Trinajstić information content (AvgIpc) is 3.16. The average molecular weight is 415 g/mol. The van der Waals surface area contributed by atoms with Gasteiger partial charge < -0.3 is 9.47 Å². The maximum atomic E-state index is 12.2. The molecule has 6 aliphatic rings. The van der Waals surface area contributed by atoms with Crippen LogP contribution in [0.5, 0.6) is 0 Å². The van der Waals surface area contributed by atoms with Crippen LogP contribution in [-0.2, 0) is 14.3 Å².